The molecule has 1 atom stereocenters. The van der Waals surface area contributed by atoms with Crippen LogP contribution in [-0.4, -0.2) is 42.3 Å². The zero-order valence-corrected chi connectivity index (χ0v) is 17.1. The van der Waals surface area contributed by atoms with Gasteiger partial charge >= 0.3 is 0 Å². The molecule has 1 N–H and O–H groups in total. The highest BCUT2D eigenvalue weighted by atomic mass is 19.1. The lowest BCUT2D eigenvalue weighted by atomic mass is 9.94. The summed E-state index contributed by atoms with van der Waals surface area (Å²) in [5.74, 6) is -2.04. The van der Waals surface area contributed by atoms with E-state index in [0.717, 1.165) is 11.3 Å². The lowest BCUT2D eigenvalue weighted by Gasteiger charge is -2.25. The summed E-state index contributed by atoms with van der Waals surface area (Å²) in [5.41, 5.74) is 2.42. The minimum atomic E-state index is -0.723. The van der Waals surface area contributed by atoms with E-state index in [2.05, 4.69) is 0 Å². The SMILES string of the molecule is CCCN1C(=O)C(=O)/C(=C(\O)c2ccc(F)c(C)c2)C1c1ccc(N(C)C)cc1. The third-order valence-electron chi connectivity index (χ3n) is 5.16. The highest BCUT2D eigenvalue weighted by Crippen LogP contribution is 2.40. The van der Waals surface area contributed by atoms with Crippen LogP contribution in [0.1, 0.15) is 36.1 Å². The smallest absolute Gasteiger partial charge is 0.295 e. The Hall–Kier alpha value is -3.15. The van der Waals surface area contributed by atoms with Crippen LogP contribution in [0.3, 0.4) is 0 Å². The number of anilines is 1. The minimum absolute atomic E-state index is 0.0343. The highest BCUT2D eigenvalue weighted by Gasteiger charge is 2.45. The van der Waals surface area contributed by atoms with Crippen molar-refractivity contribution in [3.05, 3.63) is 70.5 Å². The molecule has 1 fully saturated rings. The number of likely N-dealkylation sites (tertiary alicyclic amines) is 1. The van der Waals surface area contributed by atoms with Crippen molar-refractivity contribution in [3.8, 4) is 0 Å². The molecule has 6 heteroatoms. The number of rotatable bonds is 5. The van der Waals surface area contributed by atoms with Crippen LogP contribution in [0.4, 0.5) is 10.1 Å². The number of Topliss-reactive ketones (excluding diaryl/α,β-unsaturated/α-hetero) is 1. The maximum atomic E-state index is 13.7. The van der Waals surface area contributed by atoms with Gasteiger partial charge in [-0.3, -0.25) is 9.59 Å². The molecular formula is C23H25FN2O3. The van der Waals surface area contributed by atoms with Crippen LogP contribution in [0, 0.1) is 12.7 Å². The number of aryl methyl sites for hydroxylation is 1. The number of aliphatic hydroxyl groups is 1. The van der Waals surface area contributed by atoms with Crippen LogP contribution < -0.4 is 4.90 Å². The van der Waals surface area contributed by atoms with Crippen molar-refractivity contribution in [2.24, 2.45) is 0 Å². The maximum absolute atomic E-state index is 13.7. The standard InChI is InChI=1S/C23H25FN2O3/c1-5-12-26-20(15-6-9-17(10-7-15)25(3)4)19(22(28)23(26)29)21(27)16-8-11-18(24)14(2)13-16/h6-11,13,20,27H,5,12H2,1-4H3/b21-19-. The molecular weight excluding hydrogens is 371 g/mol. The van der Waals surface area contributed by atoms with E-state index >= 15 is 0 Å². The average molecular weight is 396 g/mol. The van der Waals surface area contributed by atoms with Crippen LogP contribution in [0.25, 0.3) is 5.76 Å². The van der Waals surface area contributed by atoms with Gasteiger partial charge in [-0.15, -0.1) is 0 Å². The summed E-state index contributed by atoms with van der Waals surface area (Å²) in [6, 6.07) is 11.0. The van der Waals surface area contributed by atoms with E-state index in [9.17, 15) is 19.1 Å². The van der Waals surface area contributed by atoms with Crippen LogP contribution in [0.15, 0.2) is 48.0 Å². The molecule has 2 aromatic carbocycles. The topological polar surface area (TPSA) is 60.9 Å². The molecule has 0 aromatic heterocycles. The normalized spacial score (nSPS) is 18.4. The number of hydrogen-bond donors (Lipinski definition) is 1. The summed E-state index contributed by atoms with van der Waals surface area (Å²) >= 11 is 0. The highest BCUT2D eigenvalue weighted by molar-refractivity contribution is 6.46. The summed E-state index contributed by atoms with van der Waals surface area (Å²) in [6.45, 7) is 3.90. The lowest BCUT2D eigenvalue weighted by Crippen LogP contribution is -2.30. The fourth-order valence-corrected chi connectivity index (χ4v) is 3.60. The second-order valence-electron chi connectivity index (χ2n) is 7.44. The van der Waals surface area contributed by atoms with Crippen molar-refractivity contribution in [2.75, 3.05) is 25.5 Å². The number of carbonyl (C=O) groups is 2. The van der Waals surface area contributed by atoms with E-state index < -0.39 is 23.5 Å². The van der Waals surface area contributed by atoms with Gasteiger partial charge in [0.15, 0.2) is 0 Å². The van der Waals surface area contributed by atoms with E-state index in [4.69, 9.17) is 0 Å². The Morgan fingerprint density at radius 1 is 1.14 bits per heavy atom. The third-order valence-corrected chi connectivity index (χ3v) is 5.16. The Morgan fingerprint density at radius 3 is 2.34 bits per heavy atom. The van der Waals surface area contributed by atoms with Gasteiger partial charge in [0.25, 0.3) is 11.7 Å². The minimum Gasteiger partial charge on any atom is -0.507 e. The molecule has 1 aliphatic rings. The Labute approximate surface area is 170 Å². The molecule has 0 saturated carbocycles. The molecule has 0 spiro atoms. The van der Waals surface area contributed by atoms with Crippen LogP contribution in [0.5, 0.6) is 0 Å². The molecule has 0 bridgehead atoms. The molecule has 0 aliphatic carbocycles. The maximum Gasteiger partial charge on any atom is 0.295 e. The number of aliphatic hydroxyl groups excluding tert-OH is 1. The monoisotopic (exact) mass is 396 g/mol. The van der Waals surface area contributed by atoms with Crippen molar-refractivity contribution in [1.82, 2.24) is 4.90 Å². The predicted molar refractivity (Wildman–Crippen MR) is 111 cm³/mol. The first kappa shape index (κ1) is 20.6. The molecule has 1 amide bonds. The largest absolute Gasteiger partial charge is 0.507 e. The Bertz CT molecular complexity index is 980. The molecule has 5 nitrogen and oxygen atoms in total. The third kappa shape index (κ3) is 3.75. The molecule has 3 rings (SSSR count). The number of carbonyl (C=O) groups excluding carboxylic acids is 2. The first-order chi connectivity index (χ1) is 13.8. The van der Waals surface area contributed by atoms with Crippen molar-refractivity contribution in [3.63, 3.8) is 0 Å². The summed E-state index contributed by atoms with van der Waals surface area (Å²) in [4.78, 5) is 29.0. The van der Waals surface area contributed by atoms with Gasteiger partial charge in [-0.2, -0.15) is 0 Å². The zero-order chi connectivity index (χ0) is 21.3. The van der Waals surface area contributed by atoms with Gasteiger partial charge in [0.2, 0.25) is 0 Å². The Morgan fingerprint density at radius 2 is 1.79 bits per heavy atom. The van der Waals surface area contributed by atoms with E-state index in [1.165, 1.54) is 23.1 Å². The fourth-order valence-electron chi connectivity index (χ4n) is 3.60. The number of hydrogen-bond acceptors (Lipinski definition) is 4. The molecule has 1 unspecified atom stereocenters. The summed E-state index contributed by atoms with van der Waals surface area (Å²) < 4.78 is 13.7. The number of halogens is 1. The first-order valence-corrected chi connectivity index (χ1v) is 9.58. The average Bonchev–Trinajstić information content (AvgIpc) is 2.95. The van der Waals surface area contributed by atoms with E-state index in [-0.39, 0.29) is 11.3 Å². The number of nitrogens with zero attached hydrogens (tertiary/aromatic N) is 2. The van der Waals surface area contributed by atoms with Gasteiger partial charge in [-0.1, -0.05) is 19.1 Å². The van der Waals surface area contributed by atoms with Gasteiger partial charge in [0.1, 0.15) is 11.6 Å². The van der Waals surface area contributed by atoms with E-state index in [1.807, 2.05) is 50.2 Å². The zero-order valence-electron chi connectivity index (χ0n) is 17.1. The summed E-state index contributed by atoms with van der Waals surface area (Å²) in [6.07, 6.45) is 0.676. The van der Waals surface area contributed by atoms with Gasteiger partial charge in [-0.25, -0.2) is 4.39 Å². The van der Waals surface area contributed by atoms with Crippen molar-refractivity contribution in [1.29, 1.82) is 0 Å². The lowest BCUT2D eigenvalue weighted by molar-refractivity contribution is -0.139. The van der Waals surface area contributed by atoms with Gasteiger partial charge in [0.05, 0.1) is 11.6 Å². The van der Waals surface area contributed by atoms with Crippen molar-refractivity contribution < 1.29 is 19.1 Å². The molecule has 1 aliphatic heterocycles. The van der Waals surface area contributed by atoms with Crippen molar-refractivity contribution in [2.45, 2.75) is 26.3 Å². The Kier molecular flexibility index (Phi) is 5.73. The second-order valence-corrected chi connectivity index (χ2v) is 7.44. The molecule has 2 aromatic rings. The fraction of sp³-hybridized carbons (Fsp3) is 0.304. The van der Waals surface area contributed by atoms with Gasteiger partial charge in [0, 0.05) is 31.9 Å². The van der Waals surface area contributed by atoms with Crippen LogP contribution in [0.2, 0.25) is 0 Å². The number of amides is 1. The predicted octanol–water partition coefficient (Wildman–Crippen LogP) is 4.03. The van der Waals surface area contributed by atoms with Crippen LogP contribution >= 0.6 is 0 Å². The molecule has 29 heavy (non-hydrogen) atoms. The number of benzene rings is 2. The molecule has 0 radical (unpaired) electrons. The first-order valence-electron chi connectivity index (χ1n) is 9.58. The summed E-state index contributed by atoms with van der Waals surface area (Å²) in [5, 5.41) is 10.9. The second kappa shape index (κ2) is 8.07. The Balaban J connectivity index is 2.17. The summed E-state index contributed by atoms with van der Waals surface area (Å²) in [7, 11) is 3.85. The van der Waals surface area contributed by atoms with Crippen molar-refractivity contribution >= 4 is 23.1 Å². The quantitative estimate of drug-likeness (QED) is 0.471. The van der Waals surface area contributed by atoms with Gasteiger partial charge in [-0.05, 0) is 54.8 Å². The van der Waals surface area contributed by atoms with E-state index in [1.54, 1.807) is 6.92 Å². The number of ketones is 1. The van der Waals surface area contributed by atoms with Crippen LogP contribution in [-0.2, 0) is 9.59 Å². The molecule has 1 saturated heterocycles. The molecule has 152 valence electrons. The van der Waals surface area contributed by atoms with E-state index in [0.29, 0.717) is 24.1 Å². The molecule has 1 heterocycles. The van der Waals surface area contributed by atoms with Gasteiger partial charge < -0.3 is 14.9 Å².